The van der Waals surface area contributed by atoms with Gasteiger partial charge < -0.3 is 4.90 Å². The number of amides is 1. The Balaban J connectivity index is 2.20. The third-order valence-corrected chi connectivity index (χ3v) is 3.80. The van der Waals surface area contributed by atoms with E-state index in [4.69, 9.17) is 0 Å². The van der Waals surface area contributed by atoms with E-state index < -0.39 is 23.1 Å². The Morgan fingerprint density at radius 3 is 2.29 bits per heavy atom. The Bertz CT molecular complexity index is 410. The summed E-state index contributed by atoms with van der Waals surface area (Å²) in [5, 5.41) is 0. The van der Waals surface area contributed by atoms with Gasteiger partial charge in [0.25, 0.3) is 5.91 Å². The van der Waals surface area contributed by atoms with Crippen LogP contribution in [0.15, 0.2) is 18.2 Å². The van der Waals surface area contributed by atoms with Gasteiger partial charge in [-0.2, -0.15) is 0 Å². The summed E-state index contributed by atoms with van der Waals surface area (Å²) in [7, 11) is 0. The molecule has 1 saturated heterocycles. The molecule has 0 N–H and O–H groups in total. The normalized spacial score (nSPS) is 17.2. The zero-order valence-electron chi connectivity index (χ0n) is 9.13. The number of benzene rings is 1. The van der Waals surface area contributed by atoms with Gasteiger partial charge >= 0.3 is 0 Å². The highest BCUT2D eigenvalue weighted by Gasteiger charge is 2.26. The number of carbonyl (C=O) groups excluding carboxylic acids is 1. The van der Waals surface area contributed by atoms with Crippen molar-refractivity contribution in [3.63, 3.8) is 0 Å². The molecule has 92 valence electrons. The molecule has 0 unspecified atom stereocenters. The molecule has 2 nitrogen and oxygen atoms in total. The monoisotopic (exact) mass is 303 g/mol. The Morgan fingerprint density at radius 2 is 1.76 bits per heavy atom. The summed E-state index contributed by atoms with van der Waals surface area (Å²) in [4.78, 5) is 13.9. The van der Waals surface area contributed by atoms with Gasteiger partial charge in [0.15, 0.2) is 0 Å². The first-order valence-corrected chi connectivity index (χ1v) is 6.38. The Morgan fingerprint density at radius 1 is 1.24 bits per heavy atom. The summed E-state index contributed by atoms with van der Waals surface area (Å²) >= 11 is 3.46. The van der Waals surface area contributed by atoms with Crippen LogP contribution < -0.4 is 0 Å². The van der Waals surface area contributed by atoms with Crippen LogP contribution in [0, 0.1) is 11.6 Å². The number of nitrogens with zero attached hydrogens (tertiary/aromatic N) is 1. The van der Waals surface area contributed by atoms with Crippen LogP contribution in [0.2, 0.25) is 0 Å². The average Bonchev–Trinajstić information content (AvgIpc) is 2.29. The van der Waals surface area contributed by atoms with Crippen molar-refractivity contribution in [3.8, 4) is 0 Å². The predicted molar refractivity (Wildman–Crippen MR) is 64.2 cm³/mol. The average molecular weight is 304 g/mol. The van der Waals surface area contributed by atoms with E-state index in [1.807, 2.05) is 0 Å². The molecular formula is C12H12BrF2NO. The van der Waals surface area contributed by atoms with Gasteiger partial charge in [-0.3, -0.25) is 4.79 Å². The molecule has 17 heavy (non-hydrogen) atoms. The third kappa shape index (κ3) is 2.65. The maximum Gasteiger partial charge on any atom is 0.259 e. The lowest BCUT2D eigenvalue weighted by molar-refractivity contribution is 0.0718. The predicted octanol–water partition coefficient (Wildman–Crippen LogP) is 2.96. The van der Waals surface area contributed by atoms with Crippen molar-refractivity contribution in [1.29, 1.82) is 0 Å². The van der Waals surface area contributed by atoms with Gasteiger partial charge in [-0.25, -0.2) is 8.78 Å². The van der Waals surface area contributed by atoms with Crippen LogP contribution in [0.25, 0.3) is 0 Å². The fourth-order valence-corrected chi connectivity index (χ4v) is 2.32. The van der Waals surface area contributed by atoms with Crippen molar-refractivity contribution < 1.29 is 13.6 Å². The van der Waals surface area contributed by atoms with Crippen molar-refractivity contribution in [2.75, 3.05) is 13.1 Å². The van der Waals surface area contributed by atoms with Crippen molar-refractivity contribution >= 4 is 21.8 Å². The highest BCUT2D eigenvalue weighted by Crippen LogP contribution is 2.21. The van der Waals surface area contributed by atoms with Gasteiger partial charge in [0, 0.05) is 17.9 Å². The van der Waals surface area contributed by atoms with Crippen molar-refractivity contribution in [1.82, 2.24) is 4.90 Å². The van der Waals surface area contributed by atoms with Gasteiger partial charge in [0.05, 0.1) is 0 Å². The van der Waals surface area contributed by atoms with E-state index in [0.29, 0.717) is 17.9 Å². The van der Waals surface area contributed by atoms with E-state index in [0.717, 1.165) is 25.0 Å². The van der Waals surface area contributed by atoms with Crippen molar-refractivity contribution in [3.05, 3.63) is 35.4 Å². The minimum atomic E-state index is -0.795. The molecular weight excluding hydrogens is 292 g/mol. The molecule has 0 aromatic heterocycles. The second-order valence-electron chi connectivity index (χ2n) is 4.06. The molecule has 1 amide bonds. The van der Waals surface area contributed by atoms with Crippen LogP contribution in [-0.4, -0.2) is 28.7 Å². The first kappa shape index (κ1) is 12.5. The zero-order chi connectivity index (χ0) is 12.4. The molecule has 0 bridgehead atoms. The van der Waals surface area contributed by atoms with Crippen LogP contribution in [0.5, 0.6) is 0 Å². The molecule has 1 fully saturated rings. The van der Waals surface area contributed by atoms with E-state index >= 15 is 0 Å². The molecule has 0 saturated carbocycles. The number of hydrogen-bond acceptors (Lipinski definition) is 1. The lowest BCUT2D eigenvalue weighted by Gasteiger charge is -2.29. The summed E-state index contributed by atoms with van der Waals surface area (Å²) in [5.41, 5.74) is -0.444. The van der Waals surface area contributed by atoms with Gasteiger partial charge in [-0.05, 0) is 25.0 Å². The number of piperidine rings is 1. The molecule has 5 heteroatoms. The molecule has 2 rings (SSSR count). The van der Waals surface area contributed by atoms with E-state index in [9.17, 15) is 13.6 Å². The molecule has 0 aliphatic carbocycles. The van der Waals surface area contributed by atoms with Gasteiger partial charge in [-0.1, -0.05) is 22.0 Å². The van der Waals surface area contributed by atoms with Gasteiger partial charge in [-0.15, -0.1) is 0 Å². The molecule has 1 heterocycles. The maximum atomic E-state index is 13.4. The van der Waals surface area contributed by atoms with E-state index in [1.54, 1.807) is 0 Å². The lowest BCUT2D eigenvalue weighted by atomic mass is 10.1. The zero-order valence-corrected chi connectivity index (χ0v) is 10.7. The third-order valence-electron chi connectivity index (χ3n) is 2.89. The lowest BCUT2D eigenvalue weighted by Crippen LogP contribution is -2.39. The second kappa shape index (κ2) is 5.12. The smallest absolute Gasteiger partial charge is 0.259 e. The molecule has 0 spiro atoms. The fraction of sp³-hybridized carbons (Fsp3) is 0.417. The summed E-state index contributed by atoms with van der Waals surface area (Å²) in [6, 6.07) is 3.47. The molecule has 0 radical (unpaired) electrons. The van der Waals surface area contributed by atoms with Crippen molar-refractivity contribution in [2.24, 2.45) is 0 Å². The number of halogens is 3. The Hall–Kier alpha value is -0.970. The minimum Gasteiger partial charge on any atom is -0.338 e. The molecule has 1 aromatic carbocycles. The second-order valence-corrected chi connectivity index (χ2v) is 5.36. The number of hydrogen-bond donors (Lipinski definition) is 0. The maximum absolute atomic E-state index is 13.4. The van der Waals surface area contributed by atoms with Crippen LogP contribution in [0.4, 0.5) is 8.78 Å². The van der Waals surface area contributed by atoms with E-state index in [-0.39, 0.29) is 0 Å². The topological polar surface area (TPSA) is 20.3 Å². The standard InChI is InChI=1S/C12H12BrF2NO/c13-8-4-6-16(7-5-8)12(17)11-9(14)2-1-3-10(11)15/h1-3,8H,4-7H2. The Kier molecular flexibility index (Phi) is 3.76. The van der Waals surface area contributed by atoms with Gasteiger partial charge in [0.2, 0.25) is 0 Å². The number of alkyl halides is 1. The number of rotatable bonds is 1. The molecule has 1 aromatic rings. The number of likely N-dealkylation sites (tertiary alicyclic amines) is 1. The fourth-order valence-electron chi connectivity index (χ4n) is 1.91. The summed E-state index contributed by atoms with van der Waals surface area (Å²) in [5.74, 6) is -2.15. The first-order valence-electron chi connectivity index (χ1n) is 5.47. The van der Waals surface area contributed by atoms with Crippen LogP contribution in [-0.2, 0) is 0 Å². The number of carbonyl (C=O) groups is 1. The summed E-state index contributed by atoms with van der Waals surface area (Å²) in [6.45, 7) is 1.06. The highest BCUT2D eigenvalue weighted by atomic mass is 79.9. The SMILES string of the molecule is O=C(c1c(F)cccc1F)N1CCC(Br)CC1. The largest absolute Gasteiger partial charge is 0.338 e. The first-order chi connectivity index (χ1) is 8.09. The molecule has 1 aliphatic rings. The van der Waals surface area contributed by atoms with Crippen LogP contribution >= 0.6 is 15.9 Å². The highest BCUT2D eigenvalue weighted by molar-refractivity contribution is 9.09. The quantitative estimate of drug-likeness (QED) is 0.731. The van der Waals surface area contributed by atoms with Gasteiger partial charge in [0.1, 0.15) is 17.2 Å². The molecule has 1 aliphatic heterocycles. The van der Waals surface area contributed by atoms with Crippen LogP contribution in [0.1, 0.15) is 23.2 Å². The Labute approximate surface area is 107 Å². The van der Waals surface area contributed by atoms with E-state index in [2.05, 4.69) is 15.9 Å². The minimum absolute atomic E-state index is 0.386. The summed E-state index contributed by atoms with van der Waals surface area (Å²) < 4.78 is 26.9. The van der Waals surface area contributed by atoms with Crippen molar-refractivity contribution in [2.45, 2.75) is 17.7 Å². The van der Waals surface area contributed by atoms with Crippen LogP contribution in [0.3, 0.4) is 0 Å². The van der Waals surface area contributed by atoms with E-state index in [1.165, 1.54) is 11.0 Å². The molecule has 0 atom stereocenters. The summed E-state index contributed by atoms with van der Waals surface area (Å²) in [6.07, 6.45) is 1.61.